The van der Waals surface area contributed by atoms with Crippen LogP contribution >= 0.6 is 15.9 Å². The molecule has 0 heterocycles. The Labute approximate surface area is 148 Å². The van der Waals surface area contributed by atoms with Gasteiger partial charge in [0.05, 0.1) is 10.6 Å². The maximum Gasteiger partial charge on any atom is 0.271 e. The molecular weight excluding hydrogens is 376 g/mol. The van der Waals surface area contributed by atoms with E-state index in [9.17, 15) is 14.9 Å². The first-order valence-corrected chi connectivity index (χ1v) is 8.01. The van der Waals surface area contributed by atoms with Crippen molar-refractivity contribution in [1.29, 1.82) is 0 Å². The minimum Gasteiger partial charge on any atom is -0.484 e. The Morgan fingerprint density at radius 2 is 1.79 bits per heavy atom. The third kappa shape index (κ3) is 4.32. The Morgan fingerprint density at radius 3 is 2.38 bits per heavy atom. The summed E-state index contributed by atoms with van der Waals surface area (Å²) < 4.78 is 6.51. The highest BCUT2D eigenvalue weighted by atomic mass is 79.9. The van der Waals surface area contributed by atoms with Gasteiger partial charge in [-0.15, -0.1) is 0 Å². The van der Waals surface area contributed by atoms with Gasteiger partial charge in [0.15, 0.2) is 6.61 Å². The lowest BCUT2D eigenvalue weighted by Crippen LogP contribution is -2.20. The SMILES string of the molecule is Cc1ccc([N+](=O)[O-])cc1NC(=O)COc1cc(C)c(Br)c(C)c1. The second kappa shape index (κ2) is 7.44. The van der Waals surface area contributed by atoms with E-state index in [1.165, 1.54) is 12.1 Å². The number of nitrogens with one attached hydrogen (secondary N) is 1. The third-order valence-corrected chi connectivity index (χ3v) is 4.74. The summed E-state index contributed by atoms with van der Waals surface area (Å²) in [5.41, 5.74) is 3.10. The molecule has 0 saturated carbocycles. The Balaban J connectivity index is 2.04. The van der Waals surface area contributed by atoms with Crippen LogP contribution in [0, 0.1) is 30.9 Å². The molecule has 7 heteroatoms. The fourth-order valence-corrected chi connectivity index (χ4v) is 2.41. The van der Waals surface area contributed by atoms with Crippen LogP contribution in [-0.2, 0) is 4.79 Å². The summed E-state index contributed by atoms with van der Waals surface area (Å²) in [5.74, 6) is 0.218. The van der Waals surface area contributed by atoms with Crippen LogP contribution < -0.4 is 10.1 Å². The minimum atomic E-state index is -0.501. The molecule has 0 aliphatic heterocycles. The zero-order chi connectivity index (χ0) is 17.9. The van der Waals surface area contributed by atoms with E-state index in [4.69, 9.17) is 4.74 Å². The van der Waals surface area contributed by atoms with Crippen LogP contribution in [0.4, 0.5) is 11.4 Å². The molecule has 1 N–H and O–H groups in total. The van der Waals surface area contributed by atoms with Crippen molar-refractivity contribution < 1.29 is 14.5 Å². The topological polar surface area (TPSA) is 81.5 Å². The Kier molecular flexibility index (Phi) is 5.56. The summed E-state index contributed by atoms with van der Waals surface area (Å²) in [6, 6.07) is 8.00. The van der Waals surface area contributed by atoms with Crippen LogP contribution in [0.25, 0.3) is 0 Å². The second-order valence-corrected chi connectivity index (χ2v) is 6.26. The molecule has 126 valence electrons. The van der Waals surface area contributed by atoms with E-state index in [0.717, 1.165) is 21.2 Å². The summed E-state index contributed by atoms with van der Waals surface area (Å²) in [6.45, 7) is 5.47. The Hall–Kier alpha value is -2.41. The number of nitro benzene ring substituents is 1. The quantitative estimate of drug-likeness (QED) is 0.607. The van der Waals surface area contributed by atoms with Gasteiger partial charge in [-0.3, -0.25) is 14.9 Å². The number of carbonyl (C=O) groups is 1. The van der Waals surface area contributed by atoms with E-state index in [1.807, 2.05) is 26.0 Å². The lowest BCUT2D eigenvalue weighted by molar-refractivity contribution is -0.384. The zero-order valence-electron chi connectivity index (χ0n) is 13.6. The molecule has 24 heavy (non-hydrogen) atoms. The molecule has 0 unspecified atom stereocenters. The number of nitrogens with zero attached hydrogens (tertiary/aromatic N) is 1. The molecule has 0 bridgehead atoms. The molecule has 6 nitrogen and oxygen atoms in total. The molecule has 0 aliphatic carbocycles. The number of nitro groups is 1. The van der Waals surface area contributed by atoms with E-state index in [2.05, 4.69) is 21.2 Å². The molecular formula is C17H17BrN2O4. The van der Waals surface area contributed by atoms with Crippen molar-refractivity contribution >= 4 is 33.2 Å². The fourth-order valence-electron chi connectivity index (χ4n) is 2.18. The van der Waals surface area contributed by atoms with Gasteiger partial charge in [-0.1, -0.05) is 22.0 Å². The number of ether oxygens (including phenoxy) is 1. The van der Waals surface area contributed by atoms with Crippen LogP contribution in [-0.4, -0.2) is 17.4 Å². The molecule has 1 amide bonds. The number of amides is 1. The monoisotopic (exact) mass is 392 g/mol. The van der Waals surface area contributed by atoms with Gasteiger partial charge in [0.2, 0.25) is 0 Å². The molecule has 0 saturated heterocycles. The standard InChI is InChI=1S/C17H17BrN2O4/c1-10-4-5-13(20(22)23)8-15(10)19-16(21)9-24-14-6-11(2)17(18)12(3)7-14/h4-8H,9H2,1-3H3,(H,19,21). The molecule has 0 spiro atoms. The van der Waals surface area contributed by atoms with Crippen molar-refractivity contribution in [2.75, 3.05) is 11.9 Å². The highest BCUT2D eigenvalue weighted by Gasteiger charge is 2.12. The van der Waals surface area contributed by atoms with Gasteiger partial charge in [0, 0.05) is 16.6 Å². The first-order valence-electron chi connectivity index (χ1n) is 7.22. The lowest BCUT2D eigenvalue weighted by Gasteiger charge is -2.11. The third-order valence-electron chi connectivity index (χ3n) is 3.49. The summed E-state index contributed by atoms with van der Waals surface area (Å²) in [5, 5.41) is 13.5. The van der Waals surface area contributed by atoms with Crippen molar-refractivity contribution in [3.05, 3.63) is 61.6 Å². The van der Waals surface area contributed by atoms with E-state index >= 15 is 0 Å². The molecule has 0 radical (unpaired) electrons. The van der Waals surface area contributed by atoms with Crippen LogP contribution in [0.1, 0.15) is 16.7 Å². The average Bonchev–Trinajstić information content (AvgIpc) is 2.52. The van der Waals surface area contributed by atoms with Crippen molar-refractivity contribution in [3.63, 3.8) is 0 Å². The first-order chi connectivity index (χ1) is 11.3. The van der Waals surface area contributed by atoms with Crippen molar-refractivity contribution in [1.82, 2.24) is 0 Å². The van der Waals surface area contributed by atoms with Gasteiger partial charge < -0.3 is 10.1 Å². The number of hydrogen-bond acceptors (Lipinski definition) is 4. The Morgan fingerprint density at radius 1 is 1.17 bits per heavy atom. The van der Waals surface area contributed by atoms with Crippen LogP contribution in [0.5, 0.6) is 5.75 Å². The Bertz CT molecular complexity index is 782. The summed E-state index contributed by atoms with van der Waals surface area (Å²) in [7, 11) is 0. The number of anilines is 1. The van der Waals surface area contributed by atoms with Crippen molar-refractivity contribution in [2.45, 2.75) is 20.8 Å². The first kappa shape index (κ1) is 17.9. The average molecular weight is 393 g/mol. The molecule has 0 fully saturated rings. The molecule has 2 aromatic carbocycles. The summed E-state index contributed by atoms with van der Waals surface area (Å²) >= 11 is 3.47. The summed E-state index contributed by atoms with van der Waals surface area (Å²) in [6.07, 6.45) is 0. The molecule has 0 aliphatic rings. The smallest absolute Gasteiger partial charge is 0.271 e. The van der Waals surface area contributed by atoms with E-state index in [0.29, 0.717) is 11.4 Å². The molecule has 0 atom stereocenters. The van der Waals surface area contributed by atoms with Crippen molar-refractivity contribution in [3.8, 4) is 5.75 Å². The number of carbonyl (C=O) groups excluding carboxylic acids is 1. The number of aryl methyl sites for hydroxylation is 3. The maximum absolute atomic E-state index is 12.0. The molecule has 2 aromatic rings. The fraction of sp³-hybridized carbons (Fsp3) is 0.235. The van der Waals surface area contributed by atoms with E-state index in [-0.39, 0.29) is 18.2 Å². The zero-order valence-corrected chi connectivity index (χ0v) is 15.1. The lowest BCUT2D eigenvalue weighted by atomic mass is 10.1. The molecule has 2 rings (SSSR count). The van der Waals surface area contributed by atoms with Crippen LogP contribution in [0.2, 0.25) is 0 Å². The van der Waals surface area contributed by atoms with Gasteiger partial charge in [0.1, 0.15) is 5.75 Å². The van der Waals surface area contributed by atoms with E-state index in [1.54, 1.807) is 13.0 Å². The minimum absolute atomic E-state index is 0.0732. The van der Waals surface area contributed by atoms with Gasteiger partial charge in [-0.2, -0.15) is 0 Å². The van der Waals surface area contributed by atoms with Gasteiger partial charge in [-0.05, 0) is 49.6 Å². The number of halogens is 1. The predicted molar refractivity (Wildman–Crippen MR) is 95.6 cm³/mol. The predicted octanol–water partition coefficient (Wildman–Crippen LogP) is 4.30. The highest BCUT2D eigenvalue weighted by Crippen LogP contribution is 2.26. The number of hydrogen-bond donors (Lipinski definition) is 1. The van der Waals surface area contributed by atoms with E-state index < -0.39 is 4.92 Å². The van der Waals surface area contributed by atoms with Crippen LogP contribution in [0.15, 0.2) is 34.8 Å². The van der Waals surface area contributed by atoms with Gasteiger partial charge in [-0.25, -0.2) is 0 Å². The maximum atomic E-state index is 12.0. The largest absolute Gasteiger partial charge is 0.484 e. The highest BCUT2D eigenvalue weighted by molar-refractivity contribution is 9.10. The second-order valence-electron chi connectivity index (χ2n) is 5.46. The number of non-ortho nitro benzene ring substituents is 1. The normalized spacial score (nSPS) is 10.3. The summed E-state index contributed by atoms with van der Waals surface area (Å²) in [4.78, 5) is 22.4. The molecule has 0 aromatic heterocycles. The van der Waals surface area contributed by atoms with Crippen molar-refractivity contribution in [2.24, 2.45) is 0 Å². The van der Waals surface area contributed by atoms with Crippen LogP contribution in [0.3, 0.4) is 0 Å². The number of rotatable bonds is 5. The van der Waals surface area contributed by atoms with Gasteiger partial charge in [0.25, 0.3) is 11.6 Å². The van der Waals surface area contributed by atoms with Gasteiger partial charge >= 0.3 is 0 Å². The number of benzene rings is 2.